The number of Topliss-reactive ketones (excluding diaryl/α,β-unsaturated/α-hetero) is 2. The predicted octanol–water partition coefficient (Wildman–Crippen LogP) is 2.86. The number of ketones is 2. The Bertz CT molecular complexity index is 1480. The van der Waals surface area contributed by atoms with Gasteiger partial charge in [0.25, 0.3) is 0 Å². The Kier molecular flexibility index (Phi) is 14.3. The molecular weight excluding hydrogens is 634 g/mol. The van der Waals surface area contributed by atoms with Crippen molar-refractivity contribution in [2.75, 3.05) is 26.7 Å². The number of rotatable bonds is 18. The van der Waals surface area contributed by atoms with E-state index in [4.69, 9.17) is 16.2 Å². The van der Waals surface area contributed by atoms with E-state index in [1.54, 1.807) is 0 Å². The molecule has 2 aliphatic heterocycles. The number of hydrogen-bond acceptors (Lipinski definition) is 9. The molecule has 1 unspecified atom stereocenters. The van der Waals surface area contributed by atoms with Gasteiger partial charge in [0.05, 0.1) is 13.2 Å². The number of unbranched alkanes of at least 4 members (excludes halogenated alkanes) is 1. The number of likely N-dealkylation sites (tertiary alicyclic amines) is 1. The minimum atomic E-state index is -1.30. The lowest BCUT2D eigenvalue weighted by Gasteiger charge is -2.29. The van der Waals surface area contributed by atoms with Crippen molar-refractivity contribution in [1.82, 2.24) is 15.5 Å². The van der Waals surface area contributed by atoms with Crippen molar-refractivity contribution in [3.05, 3.63) is 71.3 Å². The predicted molar refractivity (Wildman–Crippen MR) is 192 cm³/mol. The summed E-state index contributed by atoms with van der Waals surface area (Å²) in [5, 5.41) is 6.32. The molecule has 2 aliphatic rings. The highest BCUT2D eigenvalue weighted by Gasteiger charge is 2.45. The summed E-state index contributed by atoms with van der Waals surface area (Å²) < 4.78 is 4.86. The minimum Gasteiger partial charge on any atom is -0.468 e. The van der Waals surface area contributed by atoms with E-state index in [2.05, 4.69) is 16.7 Å². The second-order valence-electron chi connectivity index (χ2n) is 14.5. The van der Waals surface area contributed by atoms with Crippen molar-refractivity contribution in [3.63, 3.8) is 0 Å². The second kappa shape index (κ2) is 18.3. The zero-order chi connectivity index (χ0) is 36.3. The van der Waals surface area contributed by atoms with E-state index in [0.29, 0.717) is 51.6 Å². The van der Waals surface area contributed by atoms with E-state index < -0.39 is 29.4 Å². The van der Waals surface area contributed by atoms with Gasteiger partial charge in [0.1, 0.15) is 17.4 Å². The summed E-state index contributed by atoms with van der Waals surface area (Å²) in [6.07, 6.45) is 3.32. The normalized spacial score (nSPS) is 20.4. The van der Waals surface area contributed by atoms with Gasteiger partial charge in [-0.15, -0.1) is 0 Å². The van der Waals surface area contributed by atoms with Crippen molar-refractivity contribution < 1.29 is 28.7 Å². The molecule has 0 spiro atoms. The Morgan fingerprint density at radius 1 is 0.980 bits per heavy atom. The molecule has 0 aromatic heterocycles. The molecule has 11 nitrogen and oxygen atoms in total. The Morgan fingerprint density at radius 2 is 1.68 bits per heavy atom. The molecule has 11 heteroatoms. The third-order valence-corrected chi connectivity index (χ3v) is 10.0. The van der Waals surface area contributed by atoms with Crippen LogP contribution in [0.1, 0.15) is 75.5 Å². The van der Waals surface area contributed by atoms with Crippen LogP contribution in [0.4, 0.5) is 0 Å². The second-order valence-corrected chi connectivity index (χ2v) is 14.5. The lowest BCUT2D eigenvalue weighted by Crippen LogP contribution is -2.54. The molecule has 1 fully saturated rings. The number of esters is 1. The van der Waals surface area contributed by atoms with Crippen LogP contribution >= 0.6 is 0 Å². The monoisotopic (exact) mass is 689 g/mol. The number of amides is 2. The van der Waals surface area contributed by atoms with Gasteiger partial charge in [0.15, 0.2) is 5.78 Å². The average molecular weight is 690 g/mol. The van der Waals surface area contributed by atoms with Gasteiger partial charge >= 0.3 is 5.97 Å². The number of ether oxygens (including phenoxy) is 1. The summed E-state index contributed by atoms with van der Waals surface area (Å²) in [6, 6.07) is 16.4. The van der Waals surface area contributed by atoms with Gasteiger partial charge < -0.3 is 31.7 Å². The van der Waals surface area contributed by atoms with E-state index in [1.165, 1.54) is 17.6 Å². The molecule has 272 valence electrons. The summed E-state index contributed by atoms with van der Waals surface area (Å²) in [4.78, 5) is 69.4. The molecule has 0 bridgehead atoms. The topological polar surface area (TPSA) is 174 Å². The quantitative estimate of drug-likeness (QED) is 0.136. The zero-order valence-corrected chi connectivity index (χ0v) is 29.8. The van der Waals surface area contributed by atoms with Crippen LogP contribution < -0.4 is 22.1 Å². The van der Waals surface area contributed by atoms with Gasteiger partial charge in [-0.25, -0.2) is 4.79 Å². The van der Waals surface area contributed by atoms with Gasteiger partial charge in [-0.3, -0.25) is 19.2 Å². The van der Waals surface area contributed by atoms with Gasteiger partial charge in [-0.05, 0) is 74.1 Å². The first kappa shape index (κ1) is 38.9. The van der Waals surface area contributed by atoms with Crippen LogP contribution in [-0.2, 0) is 48.1 Å². The van der Waals surface area contributed by atoms with Crippen LogP contribution in [0.3, 0.4) is 0 Å². The summed E-state index contributed by atoms with van der Waals surface area (Å²) in [5.41, 5.74) is 14.0. The highest BCUT2D eigenvalue weighted by molar-refractivity contribution is 5.94. The SMILES string of the molecule is COC(=O)C1(N)CCN(C(=O)[C@@H](CCCCN)NC(=O)[C@H](CC(=O)[C@H](CC(=O)[C@H]2Cc3ccccc3CN2)Cc2ccccc2)CC(C)C)C1. The average Bonchev–Trinajstić information content (AvgIpc) is 3.52. The molecule has 6 N–H and O–H groups in total. The molecule has 0 aliphatic carbocycles. The zero-order valence-electron chi connectivity index (χ0n) is 29.8. The number of carbonyl (C=O) groups is 5. The van der Waals surface area contributed by atoms with E-state index in [-0.39, 0.29) is 67.7 Å². The summed E-state index contributed by atoms with van der Waals surface area (Å²) in [6.45, 7) is 5.28. The third kappa shape index (κ3) is 10.5. The number of nitrogens with one attached hydrogen (secondary N) is 2. The first-order chi connectivity index (χ1) is 23.9. The highest BCUT2D eigenvalue weighted by Crippen LogP contribution is 2.26. The number of nitrogens with zero attached hydrogens (tertiary/aromatic N) is 1. The molecule has 4 rings (SSSR count). The van der Waals surface area contributed by atoms with E-state index in [1.807, 2.05) is 62.4 Å². The lowest BCUT2D eigenvalue weighted by atomic mass is 9.81. The Balaban J connectivity index is 1.49. The number of carbonyl (C=O) groups excluding carboxylic acids is 5. The molecule has 0 radical (unpaired) electrons. The van der Waals surface area contributed by atoms with E-state index >= 15 is 0 Å². The van der Waals surface area contributed by atoms with Crippen LogP contribution in [0.25, 0.3) is 0 Å². The van der Waals surface area contributed by atoms with E-state index in [0.717, 1.165) is 11.1 Å². The standard InChI is InChI=1S/C39H55N5O6/c1-26(2)19-31(36(47)43-32(15-9-10-17-40)37(48)44-18-16-39(41,25-44)38(49)50-3)23-34(45)30(20-27-11-5-4-6-12-27)22-35(46)33-21-28-13-7-8-14-29(28)24-42-33/h4-8,11-14,26,30-33,42H,9-10,15-25,40-41H2,1-3H3,(H,43,47)/t30-,31-,32+,33+,39?/m0/s1. The lowest BCUT2D eigenvalue weighted by molar-refractivity contribution is -0.147. The van der Waals surface area contributed by atoms with Crippen LogP contribution in [-0.4, -0.2) is 78.6 Å². The van der Waals surface area contributed by atoms with Crippen LogP contribution in [0.15, 0.2) is 54.6 Å². The fourth-order valence-corrected chi connectivity index (χ4v) is 7.18. The summed E-state index contributed by atoms with van der Waals surface area (Å²) in [7, 11) is 1.26. The van der Waals surface area contributed by atoms with Crippen molar-refractivity contribution in [2.24, 2.45) is 29.2 Å². The fourth-order valence-electron chi connectivity index (χ4n) is 7.18. The number of fused-ring (bicyclic) bond motifs is 1. The Morgan fingerprint density at radius 3 is 2.36 bits per heavy atom. The smallest absolute Gasteiger partial charge is 0.327 e. The van der Waals surface area contributed by atoms with Gasteiger partial charge in [0, 0.05) is 44.3 Å². The summed E-state index contributed by atoms with van der Waals surface area (Å²) >= 11 is 0. The molecule has 2 aromatic carbocycles. The summed E-state index contributed by atoms with van der Waals surface area (Å²) in [5.74, 6) is -2.64. The van der Waals surface area contributed by atoms with Crippen molar-refractivity contribution in [1.29, 1.82) is 0 Å². The maximum Gasteiger partial charge on any atom is 0.327 e. The van der Waals surface area contributed by atoms with Crippen LogP contribution in [0, 0.1) is 17.8 Å². The van der Waals surface area contributed by atoms with Crippen molar-refractivity contribution in [2.45, 2.75) is 95.8 Å². The van der Waals surface area contributed by atoms with Crippen LogP contribution in [0.2, 0.25) is 0 Å². The Labute approximate surface area is 296 Å². The molecular formula is C39H55N5O6. The molecule has 2 amide bonds. The number of hydrogen-bond donors (Lipinski definition) is 4. The fraction of sp³-hybridized carbons (Fsp3) is 0.564. The van der Waals surface area contributed by atoms with Crippen molar-refractivity contribution >= 4 is 29.4 Å². The number of methoxy groups -OCH3 is 1. The van der Waals surface area contributed by atoms with E-state index in [9.17, 15) is 24.0 Å². The largest absolute Gasteiger partial charge is 0.468 e. The molecule has 2 aromatic rings. The molecule has 50 heavy (non-hydrogen) atoms. The molecule has 2 heterocycles. The molecule has 1 saturated heterocycles. The highest BCUT2D eigenvalue weighted by atomic mass is 16.5. The first-order valence-electron chi connectivity index (χ1n) is 18.0. The first-order valence-corrected chi connectivity index (χ1v) is 18.0. The maximum atomic E-state index is 14.2. The van der Waals surface area contributed by atoms with Gasteiger partial charge in [-0.2, -0.15) is 0 Å². The minimum absolute atomic E-state index is 0.00763. The van der Waals surface area contributed by atoms with Gasteiger partial charge in [-0.1, -0.05) is 68.4 Å². The van der Waals surface area contributed by atoms with Crippen LogP contribution in [0.5, 0.6) is 0 Å². The number of nitrogens with two attached hydrogens (primary N) is 2. The third-order valence-electron chi connectivity index (χ3n) is 10.0. The molecule has 0 saturated carbocycles. The molecule has 5 atom stereocenters. The number of benzene rings is 2. The maximum absolute atomic E-state index is 14.2. The van der Waals surface area contributed by atoms with Crippen molar-refractivity contribution in [3.8, 4) is 0 Å². The Hall–Kier alpha value is -3.93. The van der Waals surface area contributed by atoms with Gasteiger partial charge in [0.2, 0.25) is 11.8 Å².